The van der Waals surface area contributed by atoms with Crippen LogP contribution in [-0.4, -0.2) is 24.2 Å². The summed E-state index contributed by atoms with van der Waals surface area (Å²) in [4.78, 5) is 8.77. The Balaban J connectivity index is 2.65. The summed E-state index contributed by atoms with van der Waals surface area (Å²) in [6.45, 7) is 1.90. The Hall–Kier alpha value is -1.57. The van der Waals surface area contributed by atoms with Crippen LogP contribution in [0.4, 0.5) is 5.82 Å². The fourth-order valence-corrected chi connectivity index (χ4v) is 2.01. The van der Waals surface area contributed by atoms with Crippen LogP contribution in [0.2, 0.25) is 0 Å². The molecule has 0 saturated carbocycles. The zero-order valence-corrected chi connectivity index (χ0v) is 13.1. The summed E-state index contributed by atoms with van der Waals surface area (Å²) in [5, 5.41) is 0. The van der Waals surface area contributed by atoms with Gasteiger partial charge in [-0.1, -0.05) is 6.07 Å². The van der Waals surface area contributed by atoms with E-state index in [-0.39, 0.29) is 0 Å². The van der Waals surface area contributed by atoms with Crippen LogP contribution in [0, 0.1) is 10.5 Å². The highest BCUT2D eigenvalue weighted by Crippen LogP contribution is 2.36. The van der Waals surface area contributed by atoms with E-state index < -0.39 is 0 Å². The van der Waals surface area contributed by atoms with Gasteiger partial charge in [0.1, 0.15) is 5.82 Å². The maximum Gasteiger partial charge on any atom is 0.171 e. The molecule has 1 heterocycles. The molecule has 0 radical (unpaired) electrons. The van der Waals surface area contributed by atoms with Crippen molar-refractivity contribution in [1.82, 2.24) is 9.97 Å². The molecule has 1 aromatic carbocycles. The molecule has 0 atom stereocenters. The van der Waals surface area contributed by atoms with Crippen molar-refractivity contribution in [2.45, 2.75) is 6.92 Å². The van der Waals surface area contributed by atoms with Gasteiger partial charge in [-0.05, 0) is 41.6 Å². The Morgan fingerprint density at radius 2 is 1.89 bits per heavy atom. The summed E-state index contributed by atoms with van der Waals surface area (Å²) in [6, 6.07) is 5.57. The Morgan fingerprint density at radius 3 is 2.47 bits per heavy atom. The first kappa shape index (κ1) is 13.9. The SMILES string of the molecule is COc1cccc(-c2nc(C)c(I)c(N)n2)c1OC. The molecule has 0 aliphatic heterocycles. The number of nitrogen functional groups attached to an aromatic ring is 1. The second kappa shape index (κ2) is 5.60. The van der Waals surface area contributed by atoms with Crippen molar-refractivity contribution in [2.24, 2.45) is 0 Å². The van der Waals surface area contributed by atoms with Crippen LogP contribution < -0.4 is 15.2 Å². The largest absolute Gasteiger partial charge is 0.493 e. The van der Waals surface area contributed by atoms with Crippen molar-refractivity contribution in [3.8, 4) is 22.9 Å². The van der Waals surface area contributed by atoms with Gasteiger partial charge in [0.2, 0.25) is 0 Å². The zero-order chi connectivity index (χ0) is 14.0. The van der Waals surface area contributed by atoms with E-state index in [2.05, 4.69) is 32.6 Å². The maximum atomic E-state index is 5.89. The Bertz CT molecular complexity index is 594. The number of rotatable bonds is 3. The van der Waals surface area contributed by atoms with Gasteiger partial charge in [-0.2, -0.15) is 0 Å². The lowest BCUT2D eigenvalue weighted by Gasteiger charge is -2.12. The lowest BCUT2D eigenvalue weighted by atomic mass is 10.1. The van der Waals surface area contributed by atoms with Crippen molar-refractivity contribution >= 4 is 28.4 Å². The summed E-state index contributed by atoms with van der Waals surface area (Å²) < 4.78 is 11.5. The second-order valence-electron chi connectivity index (χ2n) is 3.87. The highest BCUT2D eigenvalue weighted by atomic mass is 127. The molecule has 19 heavy (non-hydrogen) atoms. The van der Waals surface area contributed by atoms with Crippen LogP contribution in [0.15, 0.2) is 18.2 Å². The average molecular weight is 371 g/mol. The second-order valence-corrected chi connectivity index (χ2v) is 4.95. The van der Waals surface area contributed by atoms with E-state index in [0.717, 1.165) is 14.8 Å². The first-order valence-corrected chi connectivity index (χ1v) is 6.67. The molecule has 2 rings (SSSR count). The molecule has 0 saturated heterocycles. The molecule has 100 valence electrons. The van der Waals surface area contributed by atoms with Gasteiger partial charge in [0.25, 0.3) is 0 Å². The normalized spacial score (nSPS) is 10.3. The molecule has 2 N–H and O–H groups in total. The smallest absolute Gasteiger partial charge is 0.171 e. The van der Waals surface area contributed by atoms with Gasteiger partial charge in [-0.25, -0.2) is 9.97 Å². The number of para-hydroxylation sites is 1. The third kappa shape index (κ3) is 2.58. The van der Waals surface area contributed by atoms with Crippen LogP contribution in [0.5, 0.6) is 11.5 Å². The molecule has 0 aliphatic rings. The fraction of sp³-hybridized carbons (Fsp3) is 0.231. The Labute approximate surface area is 125 Å². The topological polar surface area (TPSA) is 70.3 Å². The average Bonchev–Trinajstić information content (AvgIpc) is 2.43. The van der Waals surface area contributed by atoms with Crippen molar-refractivity contribution in [3.63, 3.8) is 0 Å². The number of halogens is 1. The van der Waals surface area contributed by atoms with Crippen LogP contribution in [0.1, 0.15) is 5.69 Å². The minimum atomic E-state index is 0.466. The number of ether oxygens (including phenoxy) is 2. The number of aryl methyl sites for hydroxylation is 1. The number of nitrogens with two attached hydrogens (primary N) is 1. The van der Waals surface area contributed by atoms with Gasteiger partial charge in [-0.3, -0.25) is 0 Å². The summed E-state index contributed by atoms with van der Waals surface area (Å²) in [6.07, 6.45) is 0. The third-order valence-corrected chi connectivity index (χ3v) is 4.02. The summed E-state index contributed by atoms with van der Waals surface area (Å²) in [5.74, 6) is 2.24. The molecule has 6 heteroatoms. The van der Waals surface area contributed by atoms with Crippen LogP contribution in [0.3, 0.4) is 0 Å². The summed E-state index contributed by atoms with van der Waals surface area (Å²) >= 11 is 2.13. The van der Waals surface area contributed by atoms with Crippen molar-refractivity contribution in [3.05, 3.63) is 27.5 Å². The van der Waals surface area contributed by atoms with Crippen LogP contribution >= 0.6 is 22.6 Å². The maximum absolute atomic E-state index is 5.89. The molecule has 0 spiro atoms. The molecule has 0 amide bonds. The number of hydrogen-bond acceptors (Lipinski definition) is 5. The summed E-state index contributed by atoms with van der Waals surface area (Å²) in [5.41, 5.74) is 7.49. The number of anilines is 1. The van der Waals surface area contributed by atoms with E-state index >= 15 is 0 Å². The first-order valence-electron chi connectivity index (χ1n) is 5.59. The van der Waals surface area contributed by atoms with Gasteiger partial charge in [-0.15, -0.1) is 0 Å². The number of methoxy groups -OCH3 is 2. The van der Waals surface area contributed by atoms with Crippen molar-refractivity contribution < 1.29 is 9.47 Å². The molecule has 0 aliphatic carbocycles. The lowest BCUT2D eigenvalue weighted by Crippen LogP contribution is -2.03. The number of aromatic nitrogens is 2. The molecular formula is C13H14IN3O2. The first-order chi connectivity index (χ1) is 9.08. The fourth-order valence-electron chi connectivity index (χ4n) is 1.77. The minimum Gasteiger partial charge on any atom is -0.493 e. The molecular weight excluding hydrogens is 357 g/mol. The van der Waals surface area contributed by atoms with E-state index in [1.807, 2.05) is 25.1 Å². The van der Waals surface area contributed by atoms with Crippen LogP contribution in [-0.2, 0) is 0 Å². The third-order valence-electron chi connectivity index (χ3n) is 2.69. The molecule has 1 aromatic heterocycles. The Morgan fingerprint density at radius 1 is 1.16 bits per heavy atom. The van der Waals surface area contributed by atoms with Crippen molar-refractivity contribution in [2.75, 3.05) is 20.0 Å². The number of benzene rings is 1. The van der Waals surface area contributed by atoms with E-state index in [0.29, 0.717) is 23.1 Å². The predicted octanol–water partition coefficient (Wildman–Crippen LogP) is 2.66. The van der Waals surface area contributed by atoms with Gasteiger partial charge >= 0.3 is 0 Å². The quantitative estimate of drug-likeness (QED) is 0.841. The molecule has 2 aromatic rings. The van der Waals surface area contributed by atoms with Gasteiger partial charge in [0, 0.05) is 0 Å². The predicted molar refractivity (Wildman–Crippen MR) is 82.4 cm³/mol. The molecule has 0 unspecified atom stereocenters. The standard InChI is InChI=1S/C13H14IN3O2/c1-7-10(14)12(15)17-13(16-7)8-5-4-6-9(18-2)11(8)19-3/h4-6H,1-3H3,(H2,15,16,17). The highest BCUT2D eigenvalue weighted by molar-refractivity contribution is 14.1. The van der Waals surface area contributed by atoms with E-state index in [1.54, 1.807) is 14.2 Å². The van der Waals surface area contributed by atoms with Gasteiger partial charge < -0.3 is 15.2 Å². The Kier molecular flexibility index (Phi) is 4.08. The highest BCUT2D eigenvalue weighted by Gasteiger charge is 2.15. The van der Waals surface area contributed by atoms with Crippen LogP contribution in [0.25, 0.3) is 11.4 Å². The number of nitrogens with zero attached hydrogens (tertiary/aromatic N) is 2. The van der Waals surface area contributed by atoms with E-state index in [4.69, 9.17) is 15.2 Å². The monoisotopic (exact) mass is 371 g/mol. The molecule has 5 nitrogen and oxygen atoms in total. The van der Waals surface area contributed by atoms with E-state index in [9.17, 15) is 0 Å². The van der Waals surface area contributed by atoms with Crippen molar-refractivity contribution in [1.29, 1.82) is 0 Å². The molecule has 0 fully saturated rings. The lowest BCUT2D eigenvalue weighted by molar-refractivity contribution is 0.356. The zero-order valence-electron chi connectivity index (χ0n) is 10.9. The summed E-state index contributed by atoms with van der Waals surface area (Å²) in [7, 11) is 3.18. The molecule has 0 bridgehead atoms. The number of hydrogen-bond donors (Lipinski definition) is 1. The minimum absolute atomic E-state index is 0.466. The van der Waals surface area contributed by atoms with Gasteiger partial charge in [0.05, 0.1) is 29.0 Å². The van der Waals surface area contributed by atoms with Gasteiger partial charge in [0.15, 0.2) is 17.3 Å². The van der Waals surface area contributed by atoms with E-state index in [1.165, 1.54) is 0 Å².